The molecule has 5 heteroatoms. The van der Waals surface area contributed by atoms with E-state index in [2.05, 4.69) is 33.3 Å². The lowest BCUT2D eigenvalue weighted by molar-refractivity contribution is 0.656. The number of benzene rings is 1. The van der Waals surface area contributed by atoms with E-state index in [1.54, 1.807) is 0 Å². The first-order valence-electron chi connectivity index (χ1n) is 5.92. The first-order valence-corrected chi connectivity index (χ1v) is 7.09. The molecule has 1 N–H and O–H groups in total. The van der Waals surface area contributed by atoms with Crippen molar-refractivity contribution in [2.45, 2.75) is 19.9 Å². The van der Waals surface area contributed by atoms with Gasteiger partial charge in [0.1, 0.15) is 0 Å². The Labute approximate surface area is 120 Å². The molecule has 0 spiro atoms. The molecule has 0 aliphatic rings. The maximum atomic E-state index is 6.07. The summed E-state index contributed by atoms with van der Waals surface area (Å²) in [5, 5.41) is 8.54. The van der Waals surface area contributed by atoms with Crippen LogP contribution in [0.4, 0.5) is 0 Å². The molecule has 3 nitrogen and oxygen atoms in total. The average Bonchev–Trinajstić information content (AvgIpc) is 2.82. The minimum atomic E-state index is 0.689. The minimum absolute atomic E-state index is 0.689. The van der Waals surface area contributed by atoms with Crippen LogP contribution in [0, 0.1) is 0 Å². The minimum Gasteiger partial charge on any atom is -0.311 e. The highest BCUT2D eigenvalue weighted by Gasteiger charge is 2.07. The zero-order valence-electron chi connectivity index (χ0n) is 10.2. The molecule has 0 unspecified atom stereocenters. The molecular formula is C13H15BrClN3. The Morgan fingerprint density at radius 1 is 1.39 bits per heavy atom. The number of aromatic nitrogens is 2. The van der Waals surface area contributed by atoms with Gasteiger partial charge in [-0.15, -0.1) is 0 Å². The molecule has 0 fully saturated rings. The third-order valence-corrected chi connectivity index (χ3v) is 3.93. The van der Waals surface area contributed by atoms with E-state index in [1.165, 1.54) is 0 Å². The normalized spacial score (nSPS) is 10.8. The van der Waals surface area contributed by atoms with Crippen LogP contribution >= 0.6 is 27.5 Å². The second-order valence-corrected chi connectivity index (χ2v) is 5.20. The Balaban J connectivity index is 2.16. The van der Waals surface area contributed by atoms with Crippen molar-refractivity contribution in [3.05, 3.63) is 45.7 Å². The van der Waals surface area contributed by atoms with E-state index in [0.29, 0.717) is 5.02 Å². The van der Waals surface area contributed by atoms with Gasteiger partial charge in [0, 0.05) is 12.7 Å². The van der Waals surface area contributed by atoms with Gasteiger partial charge in [0.2, 0.25) is 0 Å². The van der Waals surface area contributed by atoms with Crippen molar-refractivity contribution in [1.82, 2.24) is 15.1 Å². The van der Waals surface area contributed by atoms with Gasteiger partial charge >= 0.3 is 0 Å². The predicted molar refractivity (Wildman–Crippen MR) is 78.3 cm³/mol. The SMILES string of the molecule is CCCNCc1ccn(-c2cccc(Cl)c2Br)n1. The van der Waals surface area contributed by atoms with Crippen LogP contribution in [0.2, 0.25) is 5.02 Å². The summed E-state index contributed by atoms with van der Waals surface area (Å²) in [5.74, 6) is 0. The molecule has 2 rings (SSSR count). The summed E-state index contributed by atoms with van der Waals surface area (Å²) in [7, 11) is 0. The summed E-state index contributed by atoms with van der Waals surface area (Å²) in [6.45, 7) is 3.95. The van der Waals surface area contributed by atoms with Crippen molar-refractivity contribution in [2.24, 2.45) is 0 Å². The van der Waals surface area contributed by atoms with Gasteiger partial charge in [0.25, 0.3) is 0 Å². The van der Waals surface area contributed by atoms with E-state index in [4.69, 9.17) is 11.6 Å². The van der Waals surface area contributed by atoms with E-state index < -0.39 is 0 Å². The van der Waals surface area contributed by atoms with E-state index in [1.807, 2.05) is 35.1 Å². The highest BCUT2D eigenvalue weighted by Crippen LogP contribution is 2.28. The summed E-state index contributed by atoms with van der Waals surface area (Å²) in [4.78, 5) is 0. The Hall–Kier alpha value is -0.840. The standard InChI is InChI=1S/C13H15BrClN3/c1-2-7-16-9-10-6-8-18(17-10)12-5-3-4-11(15)13(12)14/h3-6,8,16H,2,7,9H2,1H3. The third kappa shape index (κ3) is 3.13. The number of halogens is 2. The molecule has 0 atom stereocenters. The van der Waals surface area contributed by atoms with Crippen LogP contribution in [-0.2, 0) is 6.54 Å². The first-order chi connectivity index (χ1) is 8.72. The topological polar surface area (TPSA) is 29.9 Å². The molecule has 0 saturated heterocycles. The number of hydrogen-bond acceptors (Lipinski definition) is 2. The van der Waals surface area contributed by atoms with Gasteiger partial charge in [0.05, 0.1) is 20.9 Å². The molecule has 0 saturated carbocycles. The lowest BCUT2D eigenvalue weighted by atomic mass is 10.3. The molecule has 2 aromatic rings. The molecule has 0 aliphatic carbocycles. The maximum Gasteiger partial charge on any atom is 0.0802 e. The number of hydrogen-bond donors (Lipinski definition) is 1. The third-order valence-electron chi connectivity index (χ3n) is 2.56. The summed E-state index contributed by atoms with van der Waals surface area (Å²) >= 11 is 9.55. The van der Waals surface area contributed by atoms with Gasteiger partial charge < -0.3 is 5.32 Å². The molecule has 0 bridgehead atoms. The lowest BCUT2D eigenvalue weighted by Gasteiger charge is -2.05. The van der Waals surface area contributed by atoms with Gasteiger partial charge in [-0.25, -0.2) is 4.68 Å². The first kappa shape index (κ1) is 13.6. The van der Waals surface area contributed by atoms with Crippen LogP contribution in [0.25, 0.3) is 5.69 Å². The largest absolute Gasteiger partial charge is 0.311 e. The highest BCUT2D eigenvalue weighted by molar-refractivity contribution is 9.10. The Morgan fingerprint density at radius 3 is 3.00 bits per heavy atom. The maximum absolute atomic E-state index is 6.07. The monoisotopic (exact) mass is 327 g/mol. The zero-order chi connectivity index (χ0) is 13.0. The highest BCUT2D eigenvalue weighted by atomic mass is 79.9. The fraction of sp³-hybridized carbons (Fsp3) is 0.308. The van der Waals surface area contributed by atoms with Crippen molar-refractivity contribution in [3.8, 4) is 5.69 Å². The Kier molecular flexibility index (Phi) is 4.80. The second kappa shape index (κ2) is 6.36. The van der Waals surface area contributed by atoms with Crippen molar-refractivity contribution in [1.29, 1.82) is 0 Å². The summed E-state index contributed by atoms with van der Waals surface area (Å²) < 4.78 is 2.70. The van der Waals surface area contributed by atoms with Crippen molar-refractivity contribution < 1.29 is 0 Å². The molecule has 1 heterocycles. The van der Waals surface area contributed by atoms with Crippen LogP contribution < -0.4 is 5.32 Å². The van der Waals surface area contributed by atoms with Crippen LogP contribution in [0.3, 0.4) is 0 Å². The summed E-state index contributed by atoms with van der Waals surface area (Å²) in [6.07, 6.45) is 3.07. The molecule has 0 aliphatic heterocycles. The second-order valence-electron chi connectivity index (χ2n) is 4.00. The predicted octanol–water partition coefficient (Wildman–Crippen LogP) is 3.79. The summed E-state index contributed by atoms with van der Waals surface area (Å²) in [5.41, 5.74) is 1.97. The fourth-order valence-corrected chi connectivity index (χ4v) is 2.27. The van der Waals surface area contributed by atoms with Crippen LogP contribution in [0.1, 0.15) is 19.0 Å². The van der Waals surface area contributed by atoms with Crippen molar-refractivity contribution in [3.63, 3.8) is 0 Å². The number of nitrogens with zero attached hydrogens (tertiary/aromatic N) is 2. The molecule has 0 amide bonds. The Bertz CT molecular complexity index is 525. The van der Waals surface area contributed by atoms with Gasteiger partial charge in [-0.3, -0.25) is 0 Å². The number of nitrogens with one attached hydrogen (secondary N) is 1. The van der Waals surface area contributed by atoms with Gasteiger partial charge in [-0.1, -0.05) is 24.6 Å². The molecule has 1 aromatic heterocycles. The quantitative estimate of drug-likeness (QED) is 0.846. The molecular weight excluding hydrogens is 314 g/mol. The summed E-state index contributed by atoms with van der Waals surface area (Å²) in [6, 6.07) is 7.75. The smallest absolute Gasteiger partial charge is 0.0802 e. The number of rotatable bonds is 5. The molecule has 0 radical (unpaired) electrons. The van der Waals surface area contributed by atoms with Gasteiger partial charge in [-0.2, -0.15) is 5.10 Å². The van der Waals surface area contributed by atoms with E-state index in [-0.39, 0.29) is 0 Å². The van der Waals surface area contributed by atoms with Crippen molar-refractivity contribution in [2.75, 3.05) is 6.54 Å². The molecule has 18 heavy (non-hydrogen) atoms. The van der Waals surface area contributed by atoms with Crippen LogP contribution in [0.5, 0.6) is 0 Å². The Morgan fingerprint density at radius 2 is 2.22 bits per heavy atom. The van der Waals surface area contributed by atoms with Crippen LogP contribution in [-0.4, -0.2) is 16.3 Å². The molecule has 96 valence electrons. The van der Waals surface area contributed by atoms with E-state index in [0.717, 1.165) is 35.4 Å². The fourth-order valence-electron chi connectivity index (χ4n) is 1.65. The van der Waals surface area contributed by atoms with E-state index >= 15 is 0 Å². The van der Waals surface area contributed by atoms with Crippen molar-refractivity contribution >= 4 is 27.5 Å². The van der Waals surface area contributed by atoms with E-state index in [9.17, 15) is 0 Å². The van der Waals surface area contributed by atoms with Gasteiger partial charge in [0.15, 0.2) is 0 Å². The zero-order valence-corrected chi connectivity index (χ0v) is 12.5. The van der Waals surface area contributed by atoms with Gasteiger partial charge in [-0.05, 0) is 47.1 Å². The lowest BCUT2D eigenvalue weighted by Crippen LogP contribution is -2.14. The van der Waals surface area contributed by atoms with Crippen LogP contribution in [0.15, 0.2) is 34.9 Å². The average molecular weight is 329 g/mol. The molecule has 1 aromatic carbocycles.